The number of fused-ring (bicyclic) bond motifs is 1. The first-order chi connectivity index (χ1) is 70.8. The summed E-state index contributed by atoms with van der Waals surface area (Å²) in [6, 6.07) is 4.79. The molecule has 6 amide bonds. The third kappa shape index (κ3) is 46.6. The number of rotatable bonds is 55. The number of hydrogen-bond donors (Lipinski definition) is 22. The number of aromatic hydroxyl groups is 1. The van der Waals surface area contributed by atoms with E-state index in [0.717, 1.165) is 0 Å². The van der Waals surface area contributed by atoms with Gasteiger partial charge in [0.15, 0.2) is 40.5 Å². The van der Waals surface area contributed by atoms with Gasteiger partial charge in [-0.25, -0.2) is 32.6 Å². The SMILES string of the molecule is CC(=O)N[C@@H](CC(C)C)C(=O)C(=O)[C@@H](NN[C@@H](Cc1ccccc1)C(=O)N[C@]1(C)CCCCCCC=CCCC[C@@](C)(C(=O)CN[C@@H](C)C(=O)CCN[C@@H](C)C(=O)CCN[C@@H](C)C(=O)CCN[C@@H](C)C(=O)CCC(=O)[C@H](C)NCN(C)CC(N)=O)NC(=O)[C@H](CC(C)C)NN[C@@H](CCC(N)=O)C(=O)CN[C@@H](C)C(=O)CC(=O)[C@H](Cc2c[nH]c3ccccc23)NN[C@@H](Cc2ccc(O)cc2)C(=O)N[C@@H](CCC(=O)O)C(=O)C1=O)[C@@H](C)O. The number of phenols is 1. The number of hydrazine groups is 3. The Labute approximate surface area is 878 Å². The van der Waals surface area contributed by atoms with Crippen molar-refractivity contribution in [2.45, 2.75) is 353 Å². The van der Waals surface area contributed by atoms with E-state index < -0.39 is 222 Å². The van der Waals surface area contributed by atoms with E-state index in [4.69, 9.17) is 11.5 Å². The molecule has 1 aliphatic rings. The molecule has 24 N–H and O–H groups in total. The highest BCUT2D eigenvalue weighted by Gasteiger charge is 2.45. The second kappa shape index (κ2) is 66.1. The number of ketones is 13. The summed E-state index contributed by atoms with van der Waals surface area (Å²) >= 11 is 0. The molecule has 0 bridgehead atoms. The number of aliphatic carboxylic acids is 1. The zero-order valence-electron chi connectivity index (χ0n) is 89.6. The number of amides is 6. The Balaban J connectivity index is 1.45. The van der Waals surface area contributed by atoms with Crippen LogP contribution in [0.3, 0.4) is 0 Å². The van der Waals surface area contributed by atoms with Gasteiger partial charge in [-0.1, -0.05) is 120 Å². The summed E-state index contributed by atoms with van der Waals surface area (Å²) in [5.74, 6) is -14.9. The first-order valence-corrected chi connectivity index (χ1v) is 52.1. The van der Waals surface area contributed by atoms with E-state index in [2.05, 4.69) is 90.7 Å². The van der Waals surface area contributed by atoms with Gasteiger partial charge in [0.05, 0.1) is 98.1 Å². The molecule has 1 aromatic heterocycles. The summed E-state index contributed by atoms with van der Waals surface area (Å²) in [6.07, 6.45) is 3.28. The Hall–Kier alpha value is -11.8. The van der Waals surface area contributed by atoms with E-state index in [0.29, 0.717) is 66.1 Å². The number of nitrogens with zero attached hydrogens (tertiary/aromatic N) is 1. The summed E-state index contributed by atoms with van der Waals surface area (Å²) in [7, 11) is 1.67. The number of carboxylic acid groups (broad SMARTS) is 1. The molecule has 2 heterocycles. The lowest BCUT2D eigenvalue weighted by Gasteiger charge is -2.33. The first kappa shape index (κ1) is 129. The van der Waals surface area contributed by atoms with Crippen LogP contribution in [0.4, 0.5) is 0 Å². The maximum atomic E-state index is 15.7. The number of para-hydroxylation sites is 1. The number of aromatic amines is 1. The molecular weight excluding hydrogens is 1930 g/mol. The van der Waals surface area contributed by atoms with Gasteiger partial charge in [0.2, 0.25) is 58.6 Å². The van der Waals surface area contributed by atoms with Crippen molar-refractivity contribution in [1.29, 1.82) is 0 Å². The van der Waals surface area contributed by atoms with Crippen molar-refractivity contribution in [3.05, 3.63) is 114 Å². The maximum Gasteiger partial charge on any atom is 0.303 e. The van der Waals surface area contributed by atoms with Gasteiger partial charge in [-0.2, -0.15) is 0 Å². The van der Waals surface area contributed by atoms with Gasteiger partial charge < -0.3 is 79.6 Å². The number of nitrogens with two attached hydrogens (primary N) is 2. The molecule has 17 atom stereocenters. The lowest BCUT2D eigenvalue weighted by atomic mass is 9.84. The van der Waals surface area contributed by atoms with Crippen LogP contribution in [-0.2, 0) is 115 Å². The van der Waals surface area contributed by atoms with Crippen molar-refractivity contribution in [2.75, 3.05) is 53.0 Å². The number of aromatic nitrogens is 1. The summed E-state index contributed by atoms with van der Waals surface area (Å²) in [5.41, 5.74) is 26.5. The van der Waals surface area contributed by atoms with Crippen LogP contribution >= 0.6 is 0 Å². The lowest BCUT2D eigenvalue weighted by molar-refractivity contribution is -0.145. The van der Waals surface area contributed by atoms with Gasteiger partial charge in [-0.15, -0.1) is 0 Å². The normalized spacial score (nSPS) is 21.3. The third-order valence-electron chi connectivity index (χ3n) is 26.6. The van der Waals surface area contributed by atoms with E-state index in [1.807, 2.05) is 26.0 Å². The average Bonchev–Trinajstić information content (AvgIpc) is 1.73. The van der Waals surface area contributed by atoms with Crippen LogP contribution in [-0.4, -0.2) is 297 Å². The Morgan fingerprint density at radius 1 is 0.533 bits per heavy atom. The van der Waals surface area contributed by atoms with Gasteiger partial charge in [-0.3, -0.25) is 106 Å². The van der Waals surface area contributed by atoms with Gasteiger partial charge in [-0.05, 0) is 200 Å². The molecule has 5 rings (SSSR count). The number of carboxylic acids is 1. The number of H-pyrrole nitrogens is 1. The van der Waals surface area contributed by atoms with Crippen molar-refractivity contribution in [1.82, 2.24) is 95.6 Å². The van der Waals surface area contributed by atoms with E-state index in [9.17, 15) is 87.2 Å². The Morgan fingerprint density at radius 3 is 1.65 bits per heavy atom. The molecule has 0 saturated heterocycles. The summed E-state index contributed by atoms with van der Waals surface area (Å²) in [5, 5.41) is 61.5. The quantitative estimate of drug-likeness (QED) is 0.00985. The number of carbonyl (C=O) groups is 20. The number of likely N-dealkylation sites (N-methyl/N-ethyl adjacent to an activating group) is 1. The van der Waals surface area contributed by atoms with Crippen LogP contribution in [0.5, 0.6) is 5.75 Å². The predicted molar refractivity (Wildman–Crippen MR) is 564 cm³/mol. The number of nitrogens with one attached hydrogen (secondary N) is 17. The second-order valence-electron chi connectivity index (χ2n) is 40.7. The maximum absolute atomic E-state index is 15.7. The minimum absolute atomic E-state index is 0.00382. The van der Waals surface area contributed by atoms with Crippen molar-refractivity contribution in [3.8, 4) is 5.75 Å². The molecule has 0 unspecified atom stereocenters. The molecule has 1 aliphatic heterocycles. The smallest absolute Gasteiger partial charge is 0.303 e. The van der Waals surface area contributed by atoms with Crippen molar-refractivity contribution >= 4 is 127 Å². The zero-order chi connectivity index (χ0) is 112. The van der Waals surface area contributed by atoms with Crippen LogP contribution in [0.1, 0.15) is 248 Å². The highest BCUT2D eigenvalue weighted by atomic mass is 16.4. The molecule has 4 aromatic rings. The molecular formula is C107H164N20O23. The fourth-order valence-corrected chi connectivity index (χ4v) is 17.0. The molecule has 43 heteroatoms. The molecule has 830 valence electrons. The van der Waals surface area contributed by atoms with E-state index in [1.165, 1.54) is 52.0 Å². The molecule has 0 aliphatic carbocycles. The Bertz CT molecular complexity index is 5210. The van der Waals surface area contributed by atoms with E-state index >= 15 is 24.0 Å². The van der Waals surface area contributed by atoms with Crippen molar-refractivity contribution in [3.63, 3.8) is 0 Å². The number of allylic oxidation sites excluding steroid dienone is 2. The highest BCUT2D eigenvalue weighted by Crippen LogP contribution is 2.26. The average molecular weight is 2100 g/mol. The van der Waals surface area contributed by atoms with Crippen molar-refractivity contribution in [2.24, 2.45) is 23.3 Å². The number of aliphatic hydroxyl groups excluding tert-OH is 1. The number of Topliss-reactive ketones (excluding diaryl/α,β-unsaturated/α-hetero) is 13. The van der Waals surface area contributed by atoms with E-state index in [-0.39, 0.29) is 176 Å². The predicted octanol–water partition coefficient (Wildman–Crippen LogP) is 1.80. The third-order valence-corrected chi connectivity index (χ3v) is 26.6. The number of benzene rings is 3. The van der Waals surface area contributed by atoms with Gasteiger partial charge in [0, 0.05) is 95.3 Å². The molecule has 150 heavy (non-hydrogen) atoms. The van der Waals surface area contributed by atoms with Crippen LogP contribution in [0.2, 0.25) is 0 Å². The Kier molecular flexibility index (Phi) is 56.7. The molecule has 43 nitrogen and oxygen atoms in total. The van der Waals surface area contributed by atoms with Crippen LogP contribution in [0.15, 0.2) is 97.2 Å². The zero-order valence-corrected chi connectivity index (χ0v) is 89.6. The highest BCUT2D eigenvalue weighted by molar-refractivity contribution is 6.43. The standard InChI is InChI=1S/C107H164N20O23/c1-63(2)52-82(117-72(12)129)99(144)101(146)98(71(11)128)126-125-85(54-73-30-24-23-25-31-73)105(150)120-107(14)48-29-22-20-18-16-17-19-21-28-47-106(13,94(139)60-114-68(8)90(135)46-51-112-67(7)89(134)45-50-111-66(6)88(133)44-49-110-65(5)86(131)40-41-87(132)69(9)116-62-127(15)61-96(109)141)119-104(149)83(53-64(3)4)123-121-79(38-42-95(108)140)93(138)59-113-70(10)91(136)57-92(137)81(56-75-58-115-78-33-27-26-32-77(75)78)122-124-84(55-74-34-36-76(130)37-35-74)103(148)118-80(39-43-97(142)143)100(145)102(107)147/h17,19,23-27,30-37,58,63-71,79-85,98,110-116,121-126,128,130H,16,18,20-22,28-29,38-57,59-62H2,1-15H3,(H2,108,140)(H2,109,141)(H,117,129)(H,118,148)(H,119,149)(H,120,150)(H,142,143)/t65-,66-,67-,68-,69-,70-,71+,79-,80-,81-,82-,83-,84-,85-,98-,106-,107+/m0/s1. The van der Waals surface area contributed by atoms with Gasteiger partial charge >= 0.3 is 5.97 Å². The summed E-state index contributed by atoms with van der Waals surface area (Å²) in [6.45, 7) is 21.9. The summed E-state index contributed by atoms with van der Waals surface area (Å²) in [4.78, 5) is 283. The minimum Gasteiger partial charge on any atom is -0.508 e. The Morgan fingerprint density at radius 2 is 1.08 bits per heavy atom. The van der Waals surface area contributed by atoms with E-state index in [1.54, 1.807) is 128 Å². The number of phenolic OH excluding ortho intramolecular Hbond substituents is 1. The van der Waals surface area contributed by atoms with Crippen LogP contribution in [0, 0.1) is 11.8 Å². The molecule has 0 spiro atoms. The fourth-order valence-electron chi connectivity index (χ4n) is 17.0. The molecule has 0 radical (unpaired) electrons. The van der Waals surface area contributed by atoms with Gasteiger partial charge in [0.1, 0.15) is 47.0 Å². The largest absolute Gasteiger partial charge is 0.508 e. The summed E-state index contributed by atoms with van der Waals surface area (Å²) < 4.78 is 0. The fraction of sp³-hybridized carbons (Fsp3) is 0.607. The molecule has 3 aromatic carbocycles. The van der Waals surface area contributed by atoms with Crippen molar-refractivity contribution < 1.29 is 111 Å². The monoisotopic (exact) mass is 2100 g/mol. The van der Waals surface area contributed by atoms with Crippen LogP contribution in [0.25, 0.3) is 10.9 Å². The molecule has 0 fully saturated rings. The van der Waals surface area contributed by atoms with Crippen LogP contribution < -0.4 is 97.2 Å². The lowest BCUT2D eigenvalue weighted by Crippen LogP contribution is -2.65. The second-order valence-corrected chi connectivity index (χ2v) is 40.7. The minimum atomic E-state index is -2.20. The molecule has 0 saturated carbocycles. The topological polar surface area (TPSA) is 666 Å². The number of aliphatic hydroxyl groups is 1. The number of primary amides is 2. The van der Waals surface area contributed by atoms with Gasteiger partial charge in [0.25, 0.3) is 0 Å². The number of carbonyl (C=O) groups excluding carboxylic acids is 19. The number of hydrogen-bond acceptors (Lipinski definition) is 35. The first-order valence-electron chi connectivity index (χ1n) is 52.1.